The number of amides is 1. The second-order valence-electron chi connectivity index (χ2n) is 13.2. The zero-order chi connectivity index (χ0) is 34.1. The Kier molecular flexibility index (Phi) is 8.39. The van der Waals surface area contributed by atoms with Gasteiger partial charge >= 0.3 is 5.97 Å². The highest BCUT2D eigenvalue weighted by molar-refractivity contribution is 6.09. The molecule has 0 fully saturated rings. The maximum absolute atomic E-state index is 13.3. The van der Waals surface area contributed by atoms with Crippen LogP contribution in [0.5, 0.6) is 0 Å². The number of nitrogens with one attached hydrogen (secondary N) is 1. The largest absolute Gasteiger partial charge is 0.478 e. The molecule has 1 aliphatic carbocycles. The van der Waals surface area contributed by atoms with E-state index in [1.165, 1.54) is 56.9 Å². The minimum Gasteiger partial charge on any atom is -0.478 e. The molecule has 7 aromatic rings. The fourth-order valence-corrected chi connectivity index (χ4v) is 7.35. The van der Waals surface area contributed by atoms with E-state index in [1.807, 2.05) is 24.3 Å². The Labute approximate surface area is 284 Å². The number of hydrogen-bond acceptors (Lipinski definition) is 3. The van der Waals surface area contributed by atoms with Crippen LogP contribution in [-0.2, 0) is 11.8 Å². The predicted octanol–water partition coefficient (Wildman–Crippen LogP) is 10.3. The number of rotatable bonds is 4. The first-order valence-electron chi connectivity index (χ1n) is 16.4. The molecule has 1 heterocycles. The molecule has 6 aromatic carbocycles. The average Bonchev–Trinajstić information content (AvgIpc) is 3.11. The summed E-state index contributed by atoms with van der Waals surface area (Å²) in [7, 11) is 0. The number of carboxylic acid groups (broad SMARTS) is 1. The van der Waals surface area contributed by atoms with Crippen LogP contribution in [0.15, 0.2) is 134 Å². The van der Waals surface area contributed by atoms with E-state index in [2.05, 4.69) is 78.7 Å². The predicted molar refractivity (Wildman–Crippen MR) is 195 cm³/mol. The van der Waals surface area contributed by atoms with Gasteiger partial charge in [-0.2, -0.15) is 0 Å². The molecule has 1 amide bonds. The summed E-state index contributed by atoms with van der Waals surface area (Å²) in [6.07, 6.45) is 3.59. The smallest absolute Gasteiger partial charge is 0.335 e. The molecule has 0 bridgehead atoms. The highest BCUT2D eigenvalue weighted by Gasteiger charge is 2.36. The molecule has 242 valence electrons. The van der Waals surface area contributed by atoms with Crippen molar-refractivity contribution in [2.45, 2.75) is 38.0 Å². The molecule has 1 unspecified atom stereocenters. The molecule has 0 saturated carbocycles. The third-order valence-electron chi connectivity index (χ3n) is 9.52. The molecule has 49 heavy (non-hydrogen) atoms. The Bertz CT molecular complexity index is 2370. The summed E-state index contributed by atoms with van der Waals surface area (Å²) in [5.41, 5.74) is 6.29. The fourth-order valence-electron chi connectivity index (χ4n) is 7.35. The third kappa shape index (κ3) is 6.38. The van der Waals surface area contributed by atoms with Crippen molar-refractivity contribution in [3.05, 3.63) is 167 Å². The maximum Gasteiger partial charge on any atom is 0.335 e. The summed E-state index contributed by atoms with van der Waals surface area (Å²) in [5, 5.41) is 17.9. The van der Waals surface area contributed by atoms with Crippen LogP contribution < -0.4 is 5.32 Å². The second kappa shape index (κ2) is 13.0. The van der Waals surface area contributed by atoms with E-state index in [0.29, 0.717) is 11.1 Å². The van der Waals surface area contributed by atoms with Gasteiger partial charge in [0.25, 0.3) is 5.91 Å². The lowest BCUT2D eigenvalue weighted by molar-refractivity contribution is 0.0696. The van der Waals surface area contributed by atoms with Crippen molar-refractivity contribution < 1.29 is 19.1 Å². The van der Waals surface area contributed by atoms with E-state index in [1.54, 1.807) is 30.5 Å². The zero-order valence-corrected chi connectivity index (χ0v) is 27.3. The van der Waals surface area contributed by atoms with Gasteiger partial charge < -0.3 is 10.4 Å². The Balaban J connectivity index is 0.000000244. The summed E-state index contributed by atoms with van der Waals surface area (Å²) in [4.78, 5) is 27.6. The number of nitrogens with zero attached hydrogens (tertiary/aromatic N) is 1. The van der Waals surface area contributed by atoms with Gasteiger partial charge in [0.05, 0.1) is 11.1 Å². The van der Waals surface area contributed by atoms with Gasteiger partial charge in [-0.05, 0) is 117 Å². The SMILES string of the molecule is CC1(C)CC(c2ccccc2NC(=O)c2ccc(F)cc2)Cc2ccc3c(ccc4ccccc43)c21.O=C(O)c1ccc2ncccc2c1. The van der Waals surface area contributed by atoms with E-state index in [-0.39, 0.29) is 23.1 Å². The maximum atomic E-state index is 13.3. The highest BCUT2D eigenvalue weighted by atomic mass is 19.1. The minimum atomic E-state index is -0.911. The van der Waals surface area contributed by atoms with Crippen molar-refractivity contribution in [3.63, 3.8) is 0 Å². The van der Waals surface area contributed by atoms with E-state index < -0.39 is 5.97 Å². The van der Waals surface area contributed by atoms with Gasteiger partial charge in [-0.15, -0.1) is 0 Å². The van der Waals surface area contributed by atoms with Crippen LogP contribution in [-0.4, -0.2) is 22.0 Å². The van der Waals surface area contributed by atoms with Crippen molar-refractivity contribution >= 4 is 50.0 Å². The number of aromatic nitrogens is 1. The van der Waals surface area contributed by atoms with Crippen LogP contribution in [0, 0.1) is 5.82 Å². The van der Waals surface area contributed by atoms with Crippen LogP contribution in [0.4, 0.5) is 10.1 Å². The Morgan fingerprint density at radius 3 is 2.29 bits per heavy atom. The molecular weight excluding hydrogens is 611 g/mol. The first-order chi connectivity index (χ1) is 23.7. The number of pyridine rings is 1. The van der Waals surface area contributed by atoms with Gasteiger partial charge in [0.2, 0.25) is 0 Å². The lowest BCUT2D eigenvalue weighted by Crippen LogP contribution is -2.29. The van der Waals surface area contributed by atoms with Crippen molar-refractivity contribution in [2.75, 3.05) is 5.32 Å². The van der Waals surface area contributed by atoms with Gasteiger partial charge in [-0.3, -0.25) is 9.78 Å². The Morgan fingerprint density at radius 1 is 0.755 bits per heavy atom. The second-order valence-corrected chi connectivity index (χ2v) is 13.2. The molecule has 0 radical (unpaired) electrons. The van der Waals surface area contributed by atoms with Crippen molar-refractivity contribution in [1.82, 2.24) is 4.98 Å². The monoisotopic (exact) mass is 646 g/mol. The normalized spacial score (nSPS) is 14.9. The number of carboxylic acids is 1. The van der Waals surface area contributed by atoms with Gasteiger partial charge in [0, 0.05) is 22.8 Å². The number of benzene rings is 6. The van der Waals surface area contributed by atoms with Crippen LogP contribution in [0.2, 0.25) is 0 Å². The van der Waals surface area contributed by atoms with Crippen molar-refractivity contribution in [2.24, 2.45) is 0 Å². The molecule has 8 rings (SSSR count). The van der Waals surface area contributed by atoms with E-state index in [9.17, 15) is 14.0 Å². The fraction of sp³-hybridized carbons (Fsp3) is 0.140. The van der Waals surface area contributed by atoms with E-state index >= 15 is 0 Å². The van der Waals surface area contributed by atoms with E-state index in [4.69, 9.17) is 5.11 Å². The van der Waals surface area contributed by atoms with Crippen LogP contribution >= 0.6 is 0 Å². The summed E-state index contributed by atoms with van der Waals surface area (Å²) >= 11 is 0. The molecule has 5 nitrogen and oxygen atoms in total. The number of anilines is 1. The van der Waals surface area contributed by atoms with Gasteiger partial charge in [0.1, 0.15) is 5.82 Å². The van der Waals surface area contributed by atoms with Crippen LogP contribution in [0.25, 0.3) is 32.4 Å². The van der Waals surface area contributed by atoms with Gasteiger partial charge in [-0.1, -0.05) is 86.6 Å². The summed E-state index contributed by atoms with van der Waals surface area (Å²) in [5.74, 6) is -1.22. The first kappa shape index (κ1) is 31.7. The quantitative estimate of drug-likeness (QED) is 0.187. The lowest BCUT2D eigenvalue weighted by atomic mass is 9.65. The number of aromatic carboxylic acids is 1. The molecule has 1 atom stereocenters. The van der Waals surface area contributed by atoms with Crippen molar-refractivity contribution in [1.29, 1.82) is 0 Å². The Hall–Kier alpha value is -5.88. The third-order valence-corrected chi connectivity index (χ3v) is 9.52. The highest BCUT2D eigenvalue weighted by Crippen LogP contribution is 2.48. The molecule has 0 spiro atoms. The average molecular weight is 647 g/mol. The standard InChI is InChI=1S/C33H28FNO.C10H7NO2/c1-33(2)20-24(27-9-5-6-10-30(27)35-32(36)22-11-15-25(34)16-12-22)19-23-14-17-28-26-8-4-3-7-21(26)13-18-29(28)31(23)33;12-10(13)8-3-4-9-7(6-8)2-1-5-11-9/h3-18,24H,19-20H2,1-2H3,(H,35,36);1-6H,(H,12,13). The molecule has 2 N–H and O–H groups in total. The first-order valence-corrected chi connectivity index (χ1v) is 16.4. The van der Waals surface area contributed by atoms with Gasteiger partial charge in [0.15, 0.2) is 0 Å². The molecule has 1 aliphatic rings. The topological polar surface area (TPSA) is 79.3 Å². The number of fused-ring (bicyclic) bond motifs is 6. The van der Waals surface area contributed by atoms with E-state index in [0.717, 1.165) is 35.0 Å². The summed E-state index contributed by atoms with van der Waals surface area (Å²) in [6, 6.07) is 39.9. The zero-order valence-electron chi connectivity index (χ0n) is 27.3. The van der Waals surface area contributed by atoms with Crippen LogP contribution in [0.3, 0.4) is 0 Å². The number of carbonyl (C=O) groups is 2. The van der Waals surface area contributed by atoms with Gasteiger partial charge in [-0.25, -0.2) is 9.18 Å². The molecular formula is C43H35FN2O3. The Morgan fingerprint density at radius 2 is 1.47 bits per heavy atom. The number of carbonyl (C=O) groups excluding carboxylic acids is 1. The minimum absolute atomic E-state index is 0.0334. The molecule has 0 saturated heterocycles. The lowest BCUT2D eigenvalue weighted by Gasteiger charge is -2.39. The van der Waals surface area contributed by atoms with Crippen LogP contribution in [0.1, 0.15) is 63.6 Å². The number of hydrogen-bond donors (Lipinski definition) is 2. The molecule has 0 aliphatic heterocycles. The number of halogens is 1. The summed E-state index contributed by atoms with van der Waals surface area (Å²) < 4.78 is 13.3. The summed E-state index contributed by atoms with van der Waals surface area (Å²) in [6.45, 7) is 4.68. The number of para-hydroxylation sites is 1. The molecule has 6 heteroatoms. The van der Waals surface area contributed by atoms with Crippen molar-refractivity contribution in [3.8, 4) is 0 Å². The molecule has 1 aromatic heterocycles.